The van der Waals surface area contributed by atoms with E-state index in [0.29, 0.717) is 17.6 Å². The number of nitrogens with two attached hydrogens (primary N) is 1. The van der Waals surface area contributed by atoms with Crippen molar-refractivity contribution >= 4 is 22.4 Å². The predicted octanol–water partition coefficient (Wildman–Crippen LogP) is 2.97. The van der Waals surface area contributed by atoms with Crippen LogP contribution >= 0.6 is 11.3 Å². The summed E-state index contributed by atoms with van der Waals surface area (Å²) in [5.41, 5.74) is 6.95. The molecule has 0 spiro atoms. The van der Waals surface area contributed by atoms with Crippen molar-refractivity contribution in [3.8, 4) is 0 Å². The van der Waals surface area contributed by atoms with Crippen molar-refractivity contribution in [3.63, 3.8) is 0 Å². The van der Waals surface area contributed by atoms with Crippen LogP contribution in [0.2, 0.25) is 0 Å². The van der Waals surface area contributed by atoms with Gasteiger partial charge in [0.25, 0.3) is 0 Å². The minimum atomic E-state index is -0.145. The summed E-state index contributed by atoms with van der Waals surface area (Å²) in [4.78, 5) is 16.7. The van der Waals surface area contributed by atoms with Gasteiger partial charge in [0.15, 0.2) is 5.13 Å². The normalized spacial score (nSPS) is 17.3. The number of amides is 1. The van der Waals surface area contributed by atoms with Crippen LogP contribution in [0, 0.1) is 11.3 Å². The van der Waals surface area contributed by atoms with Crippen LogP contribution in [-0.2, 0) is 4.79 Å². The molecule has 1 unspecified atom stereocenters. The van der Waals surface area contributed by atoms with E-state index in [4.69, 9.17) is 5.73 Å². The maximum absolute atomic E-state index is 12.2. The highest BCUT2D eigenvalue weighted by Crippen LogP contribution is 2.40. The van der Waals surface area contributed by atoms with Crippen LogP contribution in [0.5, 0.6) is 0 Å². The van der Waals surface area contributed by atoms with Crippen LogP contribution in [0.4, 0.5) is 5.13 Å². The highest BCUT2D eigenvalue weighted by atomic mass is 32.1. The van der Waals surface area contributed by atoms with Crippen LogP contribution in [-0.4, -0.2) is 17.4 Å². The number of rotatable bonds is 5. The summed E-state index contributed by atoms with van der Waals surface area (Å²) in [5.74, 6) is 0.476. The molecule has 1 fully saturated rings. The molecule has 0 saturated heterocycles. The molecule has 3 N–H and O–H groups in total. The van der Waals surface area contributed by atoms with Gasteiger partial charge in [-0.25, -0.2) is 4.98 Å². The lowest BCUT2D eigenvalue weighted by molar-refractivity contribution is -0.120. The third-order valence-corrected chi connectivity index (χ3v) is 4.04. The summed E-state index contributed by atoms with van der Waals surface area (Å²) in [6, 6.07) is 0. The first-order chi connectivity index (χ1) is 8.89. The second kappa shape index (κ2) is 5.59. The molecule has 2 rings (SSSR count). The average molecular weight is 281 g/mol. The van der Waals surface area contributed by atoms with Crippen LogP contribution in [0.3, 0.4) is 0 Å². The van der Waals surface area contributed by atoms with Gasteiger partial charge in [0.05, 0.1) is 11.6 Å². The number of nitrogens with zero attached hydrogens (tertiary/aromatic N) is 1. The summed E-state index contributed by atoms with van der Waals surface area (Å²) in [6.45, 7) is 6.75. The van der Waals surface area contributed by atoms with Gasteiger partial charge in [-0.3, -0.25) is 4.79 Å². The van der Waals surface area contributed by atoms with Gasteiger partial charge in [0, 0.05) is 17.8 Å². The number of aromatic nitrogens is 1. The highest BCUT2D eigenvalue weighted by Gasteiger charge is 2.27. The second-order valence-corrected chi connectivity index (χ2v) is 7.40. The zero-order valence-corrected chi connectivity index (χ0v) is 12.7. The molecule has 0 aliphatic heterocycles. The Morgan fingerprint density at radius 1 is 1.58 bits per heavy atom. The molecule has 1 aromatic heterocycles. The fourth-order valence-corrected chi connectivity index (χ4v) is 2.94. The molecule has 0 bridgehead atoms. The van der Waals surface area contributed by atoms with E-state index in [2.05, 4.69) is 36.5 Å². The number of hydrogen-bond donors (Lipinski definition) is 2. The average Bonchev–Trinajstić information content (AvgIpc) is 3.06. The van der Waals surface area contributed by atoms with Crippen molar-refractivity contribution in [2.45, 2.75) is 46.0 Å². The maximum atomic E-state index is 12.2. The molecule has 0 radical (unpaired) electrons. The van der Waals surface area contributed by atoms with Gasteiger partial charge in [-0.1, -0.05) is 20.8 Å². The van der Waals surface area contributed by atoms with Gasteiger partial charge < -0.3 is 11.1 Å². The monoisotopic (exact) mass is 281 g/mol. The minimum Gasteiger partial charge on any atom is -0.330 e. The number of nitrogens with one attached hydrogen (secondary N) is 1. The van der Waals surface area contributed by atoms with E-state index in [9.17, 15) is 4.79 Å². The van der Waals surface area contributed by atoms with Crippen molar-refractivity contribution < 1.29 is 4.79 Å². The fourth-order valence-electron chi connectivity index (χ4n) is 2.14. The number of carbonyl (C=O) groups excluding carboxylic acids is 1. The van der Waals surface area contributed by atoms with E-state index < -0.39 is 0 Å². The van der Waals surface area contributed by atoms with E-state index in [1.54, 1.807) is 0 Å². The lowest BCUT2D eigenvalue weighted by atomic mass is 9.84. The number of anilines is 1. The summed E-state index contributed by atoms with van der Waals surface area (Å²) < 4.78 is 0. The van der Waals surface area contributed by atoms with Gasteiger partial charge in [0.2, 0.25) is 5.91 Å². The van der Waals surface area contributed by atoms with Crippen LogP contribution < -0.4 is 11.1 Å². The van der Waals surface area contributed by atoms with Gasteiger partial charge >= 0.3 is 0 Å². The summed E-state index contributed by atoms with van der Waals surface area (Å²) in [7, 11) is 0. The molecule has 1 saturated carbocycles. The van der Waals surface area contributed by atoms with Gasteiger partial charge in [-0.15, -0.1) is 11.3 Å². The molecule has 1 amide bonds. The van der Waals surface area contributed by atoms with E-state index in [0.717, 1.165) is 12.1 Å². The number of carbonyl (C=O) groups is 1. The van der Waals surface area contributed by atoms with Crippen LogP contribution in [0.25, 0.3) is 0 Å². The molecule has 4 nitrogen and oxygen atoms in total. The zero-order valence-electron chi connectivity index (χ0n) is 11.9. The van der Waals surface area contributed by atoms with Crippen LogP contribution in [0.1, 0.15) is 51.6 Å². The molecule has 1 atom stereocenters. The first-order valence-corrected chi connectivity index (χ1v) is 7.73. The van der Waals surface area contributed by atoms with Crippen molar-refractivity contribution in [1.29, 1.82) is 0 Å². The van der Waals surface area contributed by atoms with Crippen LogP contribution in [0.15, 0.2) is 5.38 Å². The first-order valence-electron chi connectivity index (χ1n) is 6.85. The third-order valence-electron chi connectivity index (χ3n) is 3.26. The second-order valence-electron chi connectivity index (χ2n) is 6.54. The largest absolute Gasteiger partial charge is 0.330 e. The predicted molar refractivity (Wildman–Crippen MR) is 79.3 cm³/mol. The Balaban J connectivity index is 1.93. The summed E-state index contributed by atoms with van der Waals surface area (Å²) in [5, 5.41) is 5.66. The molecule has 1 aliphatic rings. The van der Waals surface area contributed by atoms with Crippen molar-refractivity contribution in [3.05, 3.63) is 11.1 Å². The van der Waals surface area contributed by atoms with E-state index >= 15 is 0 Å². The van der Waals surface area contributed by atoms with Gasteiger partial charge in [-0.05, 0) is 24.7 Å². The molecule has 106 valence electrons. The van der Waals surface area contributed by atoms with E-state index in [1.807, 2.05) is 0 Å². The Bertz CT molecular complexity index is 446. The highest BCUT2D eigenvalue weighted by molar-refractivity contribution is 7.13. The molecular formula is C14H23N3OS. The quantitative estimate of drug-likeness (QED) is 0.872. The zero-order chi connectivity index (χ0) is 14.0. The Labute approximate surface area is 118 Å². The van der Waals surface area contributed by atoms with E-state index in [-0.39, 0.29) is 17.2 Å². The summed E-state index contributed by atoms with van der Waals surface area (Å²) >= 11 is 1.51. The lowest BCUT2D eigenvalue weighted by Crippen LogP contribution is -2.32. The molecule has 19 heavy (non-hydrogen) atoms. The van der Waals surface area contributed by atoms with Gasteiger partial charge in [-0.2, -0.15) is 0 Å². The Hall–Kier alpha value is -0.940. The fraction of sp³-hybridized carbons (Fsp3) is 0.714. The Kier molecular flexibility index (Phi) is 4.26. The molecule has 1 aromatic rings. The molecule has 1 aliphatic carbocycles. The smallest absolute Gasteiger partial charge is 0.230 e. The van der Waals surface area contributed by atoms with Crippen molar-refractivity contribution in [1.82, 2.24) is 4.98 Å². The Morgan fingerprint density at radius 2 is 2.26 bits per heavy atom. The number of hydrogen-bond acceptors (Lipinski definition) is 4. The van der Waals surface area contributed by atoms with Crippen molar-refractivity contribution in [2.75, 3.05) is 11.9 Å². The first kappa shape index (κ1) is 14.5. The minimum absolute atomic E-state index is 0.00544. The molecule has 1 heterocycles. The molecule has 0 aromatic carbocycles. The lowest BCUT2D eigenvalue weighted by Gasteiger charge is -2.23. The van der Waals surface area contributed by atoms with E-state index in [1.165, 1.54) is 24.2 Å². The topological polar surface area (TPSA) is 68.0 Å². The maximum Gasteiger partial charge on any atom is 0.230 e. The Morgan fingerprint density at radius 3 is 2.79 bits per heavy atom. The SMILES string of the molecule is CC(C)(C)CC(CN)C(=O)Nc1nc(C2CC2)cs1. The van der Waals surface area contributed by atoms with Crippen molar-refractivity contribution in [2.24, 2.45) is 17.1 Å². The molecule has 5 heteroatoms. The third kappa shape index (κ3) is 4.28. The summed E-state index contributed by atoms with van der Waals surface area (Å²) in [6.07, 6.45) is 3.25. The number of thiazole rings is 1. The molecular weight excluding hydrogens is 258 g/mol. The standard InChI is InChI=1S/C14H23N3OS/c1-14(2,3)6-10(7-15)12(18)17-13-16-11(8-19-13)9-4-5-9/h8-10H,4-7,15H2,1-3H3,(H,16,17,18). The van der Waals surface area contributed by atoms with Gasteiger partial charge in [0.1, 0.15) is 0 Å².